The summed E-state index contributed by atoms with van der Waals surface area (Å²) in [6.07, 6.45) is 1.91. The van der Waals surface area contributed by atoms with Gasteiger partial charge in [0.2, 0.25) is 0 Å². The molecule has 5 heteroatoms. The summed E-state index contributed by atoms with van der Waals surface area (Å²) in [4.78, 5) is 16.0. The molecular weight excluding hydrogens is 264 g/mol. The summed E-state index contributed by atoms with van der Waals surface area (Å²) in [6.45, 7) is 4.63. The van der Waals surface area contributed by atoms with Gasteiger partial charge in [-0.2, -0.15) is 0 Å². The number of carboxylic acids is 1. The highest BCUT2D eigenvalue weighted by molar-refractivity contribution is 6.31. The number of aliphatic carboxylic acids is 1. The van der Waals surface area contributed by atoms with Crippen molar-refractivity contribution in [3.05, 3.63) is 35.0 Å². The van der Waals surface area contributed by atoms with Gasteiger partial charge in [0.1, 0.15) is 0 Å². The second kappa shape index (κ2) is 5.63. The highest BCUT2D eigenvalue weighted by Crippen LogP contribution is 2.23. The number of carbonyl (C=O) groups is 1. The van der Waals surface area contributed by atoms with Crippen molar-refractivity contribution < 1.29 is 9.90 Å². The standard InChI is InChI=1S/C14H17ClN2O2/c1-9(2)17(8-14(18)19)7-10-6-16-13-5-11(15)3-4-12(10)13/h3-6,9,16H,7-8H2,1-2H3,(H,18,19). The number of fused-ring (bicyclic) bond motifs is 1. The van der Waals surface area contributed by atoms with Crippen molar-refractivity contribution in [2.24, 2.45) is 0 Å². The van der Waals surface area contributed by atoms with Gasteiger partial charge in [0.05, 0.1) is 6.54 Å². The van der Waals surface area contributed by atoms with Crippen molar-refractivity contribution in [1.29, 1.82) is 0 Å². The lowest BCUT2D eigenvalue weighted by Crippen LogP contribution is -2.35. The second-order valence-electron chi connectivity index (χ2n) is 4.90. The number of hydrogen-bond donors (Lipinski definition) is 2. The average molecular weight is 281 g/mol. The molecule has 4 nitrogen and oxygen atoms in total. The topological polar surface area (TPSA) is 56.3 Å². The Labute approximate surface area is 117 Å². The maximum atomic E-state index is 10.9. The Kier molecular flexibility index (Phi) is 4.12. The molecule has 19 heavy (non-hydrogen) atoms. The molecule has 0 fully saturated rings. The van der Waals surface area contributed by atoms with Crippen molar-refractivity contribution in [2.45, 2.75) is 26.4 Å². The Balaban J connectivity index is 2.26. The Morgan fingerprint density at radius 1 is 1.47 bits per heavy atom. The summed E-state index contributed by atoms with van der Waals surface area (Å²) in [5.41, 5.74) is 2.06. The maximum Gasteiger partial charge on any atom is 0.317 e. The molecule has 0 unspecified atom stereocenters. The number of nitrogens with one attached hydrogen (secondary N) is 1. The Morgan fingerprint density at radius 2 is 2.21 bits per heavy atom. The number of rotatable bonds is 5. The van der Waals surface area contributed by atoms with Gasteiger partial charge in [-0.15, -0.1) is 0 Å². The molecule has 0 atom stereocenters. The molecule has 0 amide bonds. The smallest absolute Gasteiger partial charge is 0.317 e. The zero-order valence-electron chi connectivity index (χ0n) is 11.0. The maximum absolute atomic E-state index is 10.9. The van der Waals surface area contributed by atoms with Gasteiger partial charge in [-0.25, -0.2) is 0 Å². The molecule has 2 N–H and O–H groups in total. The third kappa shape index (κ3) is 3.28. The van der Waals surface area contributed by atoms with Gasteiger partial charge in [-0.1, -0.05) is 17.7 Å². The van der Waals surface area contributed by atoms with Crippen molar-refractivity contribution in [3.63, 3.8) is 0 Å². The number of carboxylic acid groups (broad SMARTS) is 1. The SMILES string of the molecule is CC(C)N(CC(=O)O)Cc1c[nH]c2cc(Cl)ccc12. The number of hydrogen-bond acceptors (Lipinski definition) is 2. The summed E-state index contributed by atoms with van der Waals surface area (Å²) in [5.74, 6) is -0.809. The zero-order valence-corrected chi connectivity index (χ0v) is 11.7. The molecule has 1 heterocycles. The lowest BCUT2D eigenvalue weighted by molar-refractivity contribution is -0.138. The predicted octanol–water partition coefficient (Wildman–Crippen LogP) is 3.12. The lowest BCUT2D eigenvalue weighted by atomic mass is 10.1. The van der Waals surface area contributed by atoms with E-state index in [1.165, 1.54) is 0 Å². The van der Waals surface area contributed by atoms with Crippen LogP contribution in [0, 0.1) is 0 Å². The fourth-order valence-electron chi connectivity index (χ4n) is 2.10. The van der Waals surface area contributed by atoms with Crippen LogP contribution < -0.4 is 0 Å². The molecule has 0 aliphatic rings. The van der Waals surface area contributed by atoms with Gasteiger partial charge in [-0.05, 0) is 31.5 Å². The molecule has 0 saturated carbocycles. The van der Waals surface area contributed by atoms with Gasteiger partial charge in [0, 0.05) is 34.7 Å². The number of halogens is 1. The molecule has 2 rings (SSSR count). The van der Waals surface area contributed by atoms with E-state index in [9.17, 15) is 4.79 Å². The monoisotopic (exact) mass is 280 g/mol. The van der Waals surface area contributed by atoms with Crippen molar-refractivity contribution >= 4 is 28.5 Å². The van der Waals surface area contributed by atoms with Gasteiger partial charge >= 0.3 is 5.97 Å². The highest BCUT2D eigenvalue weighted by atomic mass is 35.5. The zero-order chi connectivity index (χ0) is 14.0. The molecule has 0 aliphatic heterocycles. The third-order valence-corrected chi connectivity index (χ3v) is 3.41. The van der Waals surface area contributed by atoms with E-state index >= 15 is 0 Å². The predicted molar refractivity (Wildman–Crippen MR) is 76.5 cm³/mol. The molecule has 1 aromatic carbocycles. The molecule has 0 radical (unpaired) electrons. The van der Waals surface area contributed by atoms with Crippen LogP contribution >= 0.6 is 11.6 Å². The van der Waals surface area contributed by atoms with Crippen LogP contribution in [0.1, 0.15) is 19.4 Å². The van der Waals surface area contributed by atoms with Crippen molar-refractivity contribution in [2.75, 3.05) is 6.54 Å². The van der Waals surface area contributed by atoms with Crippen LogP contribution in [-0.4, -0.2) is 33.5 Å². The molecule has 0 saturated heterocycles. The number of aromatic nitrogens is 1. The molecule has 102 valence electrons. The van der Waals surface area contributed by atoms with E-state index in [2.05, 4.69) is 4.98 Å². The first-order valence-electron chi connectivity index (χ1n) is 6.18. The molecule has 0 aliphatic carbocycles. The van der Waals surface area contributed by atoms with Gasteiger partial charge < -0.3 is 10.1 Å². The number of aromatic amines is 1. The minimum Gasteiger partial charge on any atom is -0.480 e. The first-order valence-corrected chi connectivity index (χ1v) is 6.56. The van der Waals surface area contributed by atoms with E-state index in [0.717, 1.165) is 16.5 Å². The van der Waals surface area contributed by atoms with E-state index in [1.54, 1.807) is 0 Å². The molecule has 0 spiro atoms. The largest absolute Gasteiger partial charge is 0.480 e. The molecular formula is C14H17ClN2O2. The minimum atomic E-state index is -0.809. The minimum absolute atomic E-state index is 0.0396. The van der Waals surface area contributed by atoms with E-state index in [4.69, 9.17) is 16.7 Å². The average Bonchev–Trinajstić information content (AvgIpc) is 2.70. The lowest BCUT2D eigenvalue weighted by Gasteiger charge is -2.24. The second-order valence-corrected chi connectivity index (χ2v) is 5.33. The van der Waals surface area contributed by atoms with Crippen molar-refractivity contribution in [1.82, 2.24) is 9.88 Å². The fourth-order valence-corrected chi connectivity index (χ4v) is 2.28. The Bertz CT molecular complexity index is 592. The van der Waals surface area contributed by atoms with Crippen LogP contribution in [0.4, 0.5) is 0 Å². The van der Waals surface area contributed by atoms with Gasteiger partial charge in [0.15, 0.2) is 0 Å². The fraction of sp³-hybridized carbons (Fsp3) is 0.357. The number of benzene rings is 1. The summed E-state index contributed by atoms with van der Waals surface area (Å²) >= 11 is 5.94. The summed E-state index contributed by atoms with van der Waals surface area (Å²) in [6, 6.07) is 5.85. The van der Waals surface area contributed by atoms with Crippen LogP contribution in [0.5, 0.6) is 0 Å². The van der Waals surface area contributed by atoms with E-state index in [1.807, 2.05) is 43.1 Å². The quantitative estimate of drug-likeness (QED) is 0.885. The van der Waals surface area contributed by atoms with E-state index in [-0.39, 0.29) is 12.6 Å². The summed E-state index contributed by atoms with van der Waals surface area (Å²) in [7, 11) is 0. The molecule has 0 bridgehead atoms. The normalized spacial score (nSPS) is 11.6. The first-order chi connectivity index (χ1) is 8.97. The highest BCUT2D eigenvalue weighted by Gasteiger charge is 2.15. The van der Waals surface area contributed by atoms with Crippen LogP contribution in [0.15, 0.2) is 24.4 Å². The summed E-state index contributed by atoms with van der Waals surface area (Å²) < 4.78 is 0. The van der Waals surface area contributed by atoms with Gasteiger partial charge in [0.25, 0.3) is 0 Å². The van der Waals surface area contributed by atoms with Gasteiger partial charge in [-0.3, -0.25) is 9.69 Å². The first kappa shape index (κ1) is 13.9. The molecule has 2 aromatic rings. The molecule has 1 aromatic heterocycles. The Morgan fingerprint density at radius 3 is 2.84 bits per heavy atom. The van der Waals surface area contributed by atoms with Crippen LogP contribution in [-0.2, 0) is 11.3 Å². The van der Waals surface area contributed by atoms with Crippen LogP contribution in [0.3, 0.4) is 0 Å². The third-order valence-electron chi connectivity index (χ3n) is 3.17. The van der Waals surface area contributed by atoms with Crippen molar-refractivity contribution in [3.8, 4) is 0 Å². The van der Waals surface area contributed by atoms with E-state index < -0.39 is 5.97 Å². The number of H-pyrrole nitrogens is 1. The van der Waals surface area contributed by atoms with Crippen LogP contribution in [0.25, 0.3) is 10.9 Å². The summed E-state index contributed by atoms with van der Waals surface area (Å²) in [5, 5.41) is 10.7. The number of nitrogens with zero attached hydrogens (tertiary/aromatic N) is 1. The van der Waals surface area contributed by atoms with Crippen LogP contribution in [0.2, 0.25) is 5.02 Å². The van der Waals surface area contributed by atoms with E-state index in [0.29, 0.717) is 11.6 Å². The Hall–Kier alpha value is -1.52.